The number of halogens is 2. The van der Waals surface area contributed by atoms with Crippen LogP contribution >= 0.6 is 11.6 Å². The van der Waals surface area contributed by atoms with Gasteiger partial charge in [-0.1, -0.05) is 37.4 Å². The van der Waals surface area contributed by atoms with Gasteiger partial charge in [0.1, 0.15) is 5.82 Å². The Kier molecular flexibility index (Phi) is 4.66. The second-order valence-corrected chi connectivity index (χ2v) is 6.11. The van der Waals surface area contributed by atoms with Gasteiger partial charge in [0, 0.05) is 6.54 Å². The second kappa shape index (κ2) is 6.10. The minimum absolute atomic E-state index is 0.0755. The molecule has 1 aliphatic carbocycles. The Labute approximate surface area is 123 Å². The van der Waals surface area contributed by atoms with Crippen LogP contribution in [0.5, 0.6) is 0 Å². The van der Waals surface area contributed by atoms with Crippen LogP contribution < -0.4 is 5.32 Å². The molecule has 2 unspecified atom stereocenters. The van der Waals surface area contributed by atoms with Crippen molar-refractivity contribution < 1.29 is 14.3 Å². The van der Waals surface area contributed by atoms with E-state index in [4.69, 9.17) is 11.6 Å². The fourth-order valence-electron chi connectivity index (χ4n) is 2.84. The highest BCUT2D eigenvalue weighted by Gasteiger charge is 2.33. The van der Waals surface area contributed by atoms with Gasteiger partial charge in [-0.3, -0.25) is 4.79 Å². The van der Waals surface area contributed by atoms with Crippen LogP contribution in [-0.4, -0.2) is 23.2 Å². The molecule has 0 aliphatic heterocycles. The van der Waals surface area contributed by atoms with E-state index in [0.717, 1.165) is 12.8 Å². The third-order valence-corrected chi connectivity index (χ3v) is 4.15. The molecule has 110 valence electrons. The highest BCUT2D eigenvalue weighted by Crippen LogP contribution is 2.31. The number of aliphatic hydroxyl groups is 1. The lowest BCUT2D eigenvalue weighted by molar-refractivity contribution is -0.0109. The van der Waals surface area contributed by atoms with Crippen molar-refractivity contribution in [2.24, 2.45) is 5.92 Å². The summed E-state index contributed by atoms with van der Waals surface area (Å²) in [7, 11) is 0. The van der Waals surface area contributed by atoms with Crippen molar-refractivity contribution >= 4 is 17.5 Å². The Bertz CT molecular complexity index is 488. The average molecular weight is 300 g/mol. The number of carbonyl (C=O) groups is 1. The van der Waals surface area contributed by atoms with E-state index < -0.39 is 17.3 Å². The molecular formula is C15H19ClFNO2. The van der Waals surface area contributed by atoms with E-state index in [-0.39, 0.29) is 17.1 Å². The van der Waals surface area contributed by atoms with Crippen molar-refractivity contribution in [2.75, 3.05) is 6.54 Å². The molecule has 0 spiro atoms. The Morgan fingerprint density at radius 3 is 3.00 bits per heavy atom. The Morgan fingerprint density at radius 2 is 2.35 bits per heavy atom. The van der Waals surface area contributed by atoms with Crippen molar-refractivity contribution in [3.8, 4) is 0 Å². The van der Waals surface area contributed by atoms with Crippen molar-refractivity contribution in [1.82, 2.24) is 5.32 Å². The van der Waals surface area contributed by atoms with Gasteiger partial charge in [-0.05, 0) is 30.9 Å². The van der Waals surface area contributed by atoms with Gasteiger partial charge in [0.15, 0.2) is 0 Å². The molecule has 0 saturated heterocycles. The first-order chi connectivity index (χ1) is 9.41. The molecule has 1 amide bonds. The zero-order valence-electron chi connectivity index (χ0n) is 11.5. The standard InChI is InChI=1S/C15H19ClFNO2/c1-10-4-3-7-15(20,8-10)9-18-14(19)13-11(16)5-2-6-12(13)17/h2,5-6,10,20H,3-4,7-9H2,1H3,(H,18,19). The predicted octanol–water partition coefficient (Wildman–Crippen LogP) is 3.15. The number of hydrogen-bond donors (Lipinski definition) is 2. The SMILES string of the molecule is CC1CCCC(O)(CNC(=O)c2c(F)cccc2Cl)C1. The van der Waals surface area contributed by atoms with Crippen LogP contribution in [0.1, 0.15) is 43.0 Å². The summed E-state index contributed by atoms with van der Waals surface area (Å²) < 4.78 is 13.6. The molecule has 2 rings (SSSR count). The molecule has 3 nitrogen and oxygen atoms in total. The molecule has 0 radical (unpaired) electrons. The van der Waals surface area contributed by atoms with Crippen LogP contribution in [0.3, 0.4) is 0 Å². The number of benzene rings is 1. The van der Waals surface area contributed by atoms with Gasteiger partial charge < -0.3 is 10.4 Å². The van der Waals surface area contributed by atoms with Gasteiger partial charge in [-0.2, -0.15) is 0 Å². The average Bonchev–Trinajstić information content (AvgIpc) is 2.36. The van der Waals surface area contributed by atoms with Crippen LogP contribution in [-0.2, 0) is 0 Å². The van der Waals surface area contributed by atoms with Crippen LogP contribution in [0.2, 0.25) is 5.02 Å². The monoisotopic (exact) mass is 299 g/mol. The summed E-state index contributed by atoms with van der Waals surface area (Å²) in [6, 6.07) is 4.11. The molecular weight excluding hydrogens is 281 g/mol. The molecule has 0 heterocycles. The molecule has 20 heavy (non-hydrogen) atoms. The van der Waals surface area contributed by atoms with E-state index in [1.807, 2.05) is 0 Å². The van der Waals surface area contributed by atoms with Gasteiger partial charge in [0.05, 0.1) is 16.2 Å². The third kappa shape index (κ3) is 3.49. The molecule has 1 aromatic carbocycles. The van der Waals surface area contributed by atoms with Gasteiger partial charge >= 0.3 is 0 Å². The Hall–Kier alpha value is -1.13. The van der Waals surface area contributed by atoms with E-state index in [1.165, 1.54) is 18.2 Å². The fraction of sp³-hybridized carbons (Fsp3) is 0.533. The number of nitrogens with one attached hydrogen (secondary N) is 1. The number of amides is 1. The van der Waals surface area contributed by atoms with Crippen LogP contribution in [0, 0.1) is 11.7 Å². The quantitative estimate of drug-likeness (QED) is 0.901. The van der Waals surface area contributed by atoms with Crippen molar-refractivity contribution in [3.63, 3.8) is 0 Å². The predicted molar refractivity (Wildman–Crippen MR) is 76.3 cm³/mol. The maximum absolute atomic E-state index is 13.6. The fourth-order valence-corrected chi connectivity index (χ4v) is 3.09. The summed E-state index contributed by atoms with van der Waals surface area (Å²) >= 11 is 5.84. The highest BCUT2D eigenvalue weighted by atomic mass is 35.5. The van der Waals surface area contributed by atoms with E-state index >= 15 is 0 Å². The van der Waals surface area contributed by atoms with E-state index in [9.17, 15) is 14.3 Å². The first-order valence-corrected chi connectivity index (χ1v) is 7.24. The molecule has 1 fully saturated rings. The van der Waals surface area contributed by atoms with Crippen molar-refractivity contribution in [2.45, 2.75) is 38.2 Å². The molecule has 5 heteroatoms. The molecule has 0 bridgehead atoms. The van der Waals surface area contributed by atoms with Crippen molar-refractivity contribution in [1.29, 1.82) is 0 Å². The van der Waals surface area contributed by atoms with Gasteiger partial charge in [0.2, 0.25) is 0 Å². The number of rotatable bonds is 3. The Balaban J connectivity index is 2.02. The smallest absolute Gasteiger partial charge is 0.255 e. The topological polar surface area (TPSA) is 49.3 Å². The third-order valence-electron chi connectivity index (χ3n) is 3.84. The molecule has 2 N–H and O–H groups in total. The summed E-state index contributed by atoms with van der Waals surface area (Å²) in [6.45, 7) is 2.21. The first-order valence-electron chi connectivity index (χ1n) is 6.86. The summed E-state index contributed by atoms with van der Waals surface area (Å²) in [5.41, 5.74) is -1.06. The molecule has 1 saturated carbocycles. The minimum Gasteiger partial charge on any atom is -0.388 e. The highest BCUT2D eigenvalue weighted by molar-refractivity contribution is 6.33. The van der Waals surface area contributed by atoms with Crippen LogP contribution in [0.4, 0.5) is 4.39 Å². The zero-order chi connectivity index (χ0) is 14.8. The summed E-state index contributed by atoms with van der Waals surface area (Å²) in [5, 5.41) is 13.1. The number of hydrogen-bond acceptors (Lipinski definition) is 2. The van der Waals surface area contributed by atoms with E-state index in [2.05, 4.69) is 12.2 Å². The Morgan fingerprint density at radius 1 is 1.60 bits per heavy atom. The van der Waals surface area contributed by atoms with Gasteiger partial charge in [-0.15, -0.1) is 0 Å². The molecule has 0 aromatic heterocycles. The summed E-state index contributed by atoms with van der Waals surface area (Å²) in [6.07, 6.45) is 3.34. The second-order valence-electron chi connectivity index (χ2n) is 5.71. The molecule has 2 atom stereocenters. The molecule has 1 aliphatic rings. The minimum atomic E-state index is -0.898. The molecule has 1 aromatic rings. The lowest BCUT2D eigenvalue weighted by atomic mass is 9.79. The summed E-state index contributed by atoms with van der Waals surface area (Å²) in [4.78, 5) is 12.0. The maximum atomic E-state index is 13.6. The normalized spacial score (nSPS) is 26.3. The van der Waals surface area contributed by atoms with Crippen molar-refractivity contribution in [3.05, 3.63) is 34.6 Å². The lowest BCUT2D eigenvalue weighted by Gasteiger charge is -2.35. The van der Waals surface area contributed by atoms with E-state index in [1.54, 1.807) is 0 Å². The number of carbonyl (C=O) groups excluding carboxylic acids is 1. The lowest BCUT2D eigenvalue weighted by Crippen LogP contribution is -2.46. The summed E-state index contributed by atoms with van der Waals surface area (Å²) in [5.74, 6) is -0.804. The first kappa shape index (κ1) is 15.3. The van der Waals surface area contributed by atoms with Gasteiger partial charge in [0.25, 0.3) is 5.91 Å². The largest absolute Gasteiger partial charge is 0.388 e. The maximum Gasteiger partial charge on any atom is 0.255 e. The van der Waals surface area contributed by atoms with Gasteiger partial charge in [-0.25, -0.2) is 4.39 Å². The van der Waals surface area contributed by atoms with Crippen LogP contribution in [0.25, 0.3) is 0 Å². The van der Waals surface area contributed by atoms with Crippen LogP contribution in [0.15, 0.2) is 18.2 Å². The zero-order valence-corrected chi connectivity index (χ0v) is 12.2. The van der Waals surface area contributed by atoms with E-state index in [0.29, 0.717) is 18.8 Å².